The molecule has 12 heteroatoms. The maximum Gasteiger partial charge on any atom is 2.00 e. The zero-order valence-corrected chi connectivity index (χ0v) is 29.7. The van der Waals surface area contributed by atoms with Gasteiger partial charge in [0, 0.05) is 61.6 Å². The van der Waals surface area contributed by atoms with E-state index in [2.05, 4.69) is 19.6 Å². The molecule has 2 aliphatic rings. The summed E-state index contributed by atoms with van der Waals surface area (Å²) in [5, 5.41) is 0. The fraction of sp³-hybridized carbons (Fsp3) is 0.121. The molecule has 0 saturated heterocycles. The van der Waals surface area contributed by atoms with Crippen molar-refractivity contribution in [1.82, 2.24) is 4.90 Å². The van der Waals surface area contributed by atoms with Gasteiger partial charge in [0.15, 0.2) is 0 Å². The predicted octanol–water partition coefficient (Wildman–Crippen LogP) is 6.21. The van der Waals surface area contributed by atoms with Crippen molar-refractivity contribution >= 4 is 79.7 Å². The second kappa shape index (κ2) is 18.8. The summed E-state index contributed by atoms with van der Waals surface area (Å²) in [4.78, 5) is 22.8. The monoisotopic (exact) mass is 757 g/mol. The third kappa shape index (κ3) is 10.5. The van der Waals surface area contributed by atoms with Crippen LogP contribution in [0.3, 0.4) is 0 Å². The standard InChI is InChI=1S/2C15H14N2S2.C3H7NO.2Ni/c2*18-14-7-3-1-5-12(14)16-9-10-17(11-16)13-6-2-4-8-15(13)19;1-4(2)3-5;;/h2*1-10,18-19H,11H2;3H,1-2H3;;/q;;;2*+2/p-4. The summed E-state index contributed by atoms with van der Waals surface area (Å²) in [7, 11) is 3.38. The first kappa shape index (κ1) is 38.1. The van der Waals surface area contributed by atoms with Crippen molar-refractivity contribution in [3.8, 4) is 0 Å². The van der Waals surface area contributed by atoms with Crippen molar-refractivity contribution in [2.24, 2.45) is 0 Å². The molecule has 6 nitrogen and oxygen atoms in total. The van der Waals surface area contributed by atoms with Gasteiger partial charge in [0.05, 0.1) is 13.3 Å². The fourth-order valence-electron chi connectivity index (χ4n) is 4.24. The molecule has 45 heavy (non-hydrogen) atoms. The van der Waals surface area contributed by atoms with Gasteiger partial charge < -0.3 is 75.0 Å². The topological polar surface area (TPSA) is 33.3 Å². The molecule has 0 aliphatic carbocycles. The van der Waals surface area contributed by atoms with Crippen LogP contribution >= 0.6 is 0 Å². The third-order valence-corrected chi connectivity index (χ3v) is 7.75. The summed E-state index contributed by atoms with van der Waals surface area (Å²) >= 11 is 21.4. The first-order chi connectivity index (χ1) is 20.8. The van der Waals surface area contributed by atoms with Crippen LogP contribution in [-0.2, 0) is 88.3 Å². The van der Waals surface area contributed by atoms with E-state index in [1.807, 2.05) is 122 Å². The summed E-state index contributed by atoms with van der Waals surface area (Å²) in [5.74, 6) is 0. The molecule has 0 aromatic heterocycles. The van der Waals surface area contributed by atoms with E-state index < -0.39 is 0 Å². The molecular formula is C33H31N5Ni2OS4. The van der Waals surface area contributed by atoms with Crippen molar-refractivity contribution in [2.45, 2.75) is 19.6 Å². The Balaban J connectivity index is 0.000000263. The first-order valence-electron chi connectivity index (χ1n) is 13.4. The Labute approximate surface area is 308 Å². The van der Waals surface area contributed by atoms with Crippen molar-refractivity contribution in [1.29, 1.82) is 0 Å². The molecule has 238 valence electrons. The van der Waals surface area contributed by atoms with Crippen LogP contribution in [0.1, 0.15) is 0 Å². The molecule has 0 saturated carbocycles. The van der Waals surface area contributed by atoms with E-state index in [1.54, 1.807) is 14.1 Å². The minimum atomic E-state index is 0. The van der Waals surface area contributed by atoms with Crippen LogP contribution < -0.4 is 19.6 Å². The molecule has 0 unspecified atom stereocenters. The van der Waals surface area contributed by atoms with Crippen LogP contribution in [0.2, 0.25) is 0 Å². The number of hydrogen-bond acceptors (Lipinski definition) is 9. The number of carbonyl (C=O) groups excluding carboxylic acids is 1. The Kier molecular flexibility index (Phi) is 15.9. The number of anilines is 4. The summed E-state index contributed by atoms with van der Waals surface area (Å²) in [6, 6.07) is 31.8. The summed E-state index contributed by atoms with van der Waals surface area (Å²) in [6.45, 7) is 1.47. The molecule has 0 atom stereocenters. The minimum Gasteiger partial charge on any atom is -0.778 e. The zero-order valence-electron chi connectivity index (χ0n) is 24.4. The SMILES string of the molecule is CN(C)C=O.[Ni+2].[Ni+2].[S-]c1ccccc1N1C=CN(c2ccccc2[S-])C1.[S-]c1ccccc1N1C=CN(c2ccccc2[S-])C1. The quantitative estimate of drug-likeness (QED) is 0.134. The van der Waals surface area contributed by atoms with Gasteiger partial charge in [0.2, 0.25) is 6.41 Å². The molecule has 6 rings (SSSR count). The molecule has 0 fully saturated rings. The van der Waals surface area contributed by atoms with Crippen LogP contribution in [0.4, 0.5) is 22.7 Å². The van der Waals surface area contributed by atoms with Gasteiger partial charge >= 0.3 is 33.0 Å². The maximum atomic E-state index is 9.43. The number of hydrogen-bond donors (Lipinski definition) is 0. The van der Waals surface area contributed by atoms with Gasteiger partial charge in [-0.25, -0.2) is 0 Å². The molecular weight excluding hydrogens is 728 g/mol. The van der Waals surface area contributed by atoms with Gasteiger partial charge in [-0.3, -0.25) is 4.79 Å². The van der Waals surface area contributed by atoms with Gasteiger partial charge in [-0.05, 0) is 24.3 Å². The summed E-state index contributed by atoms with van der Waals surface area (Å²) < 4.78 is 0. The molecule has 4 aromatic carbocycles. The number of carbonyl (C=O) groups is 1. The smallest absolute Gasteiger partial charge is 0.778 e. The van der Waals surface area contributed by atoms with Crippen LogP contribution in [0.15, 0.2) is 141 Å². The molecule has 4 aromatic rings. The fourth-order valence-corrected chi connectivity index (χ4v) is 5.30. The zero-order chi connectivity index (χ0) is 30.8. The average Bonchev–Trinajstić information content (AvgIpc) is 3.70. The van der Waals surface area contributed by atoms with E-state index in [9.17, 15) is 4.79 Å². The Morgan fingerprint density at radius 3 is 0.867 bits per heavy atom. The summed E-state index contributed by atoms with van der Waals surface area (Å²) in [5.41, 5.74) is 4.22. The Bertz CT molecular complexity index is 1370. The molecule has 0 radical (unpaired) electrons. The Morgan fingerprint density at radius 1 is 0.489 bits per heavy atom. The van der Waals surface area contributed by atoms with Gasteiger partial charge in [0.1, 0.15) is 0 Å². The normalized spacial score (nSPS) is 12.7. The van der Waals surface area contributed by atoms with Crippen LogP contribution in [-0.4, -0.2) is 38.7 Å². The molecule has 0 bridgehead atoms. The van der Waals surface area contributed by atoms with Crippen LogP contribution in [0, 0.1) is 0 Å². The van der Waals surface area contributed by atoms with E-state index in [1.165, 1.54) is 4.90 Å². The average molecular weight is 759 g/mol. The van der Waals surface area contributed by atoms with Crippen LogP contribution in [0.5, 0.6) is 0 Å². The second-order valence-corrected chi connectivity index (χ2v) is 11.5. The number of rotatable bonds is 5. The Morgan fingerprint density at radius 2 is 0.689 bits per heavy atom. The molecule has 1 amide bonds. The van der Waals surface area contributed by atoms with Gasteiger partial charge in [-0.1, -0.05) is 72.8 Å². The van der Waals surface area contributed by atoms with Crippen molar-refractivity contribution in [3.05, 3.63) is 122 Å². The minimum absolute atomic E-state index is 0. The Hall–Kier alpha value is -3.10. The third-order valence-electron chi connectivity index (χ3n) is 6.37. The van der Waals surface area contributed by atoms with E-state index in [-0.39, 0.29) is 33.0 Å². The molecule has 0 spiro atoms. The number of amides is 1. The summed E-state index contributed by atoms with van der Waals surface area (Å²) in [6.07, 6.45) is 8.89. The van der Waals surface area contributed by atoms with E-state index in [4.69, 9.17) is 50.5 Å². The van der Waals surface area contributed by atoms with Gasteiger partial charge in [-0.2, -0.15) is 19.6 Å². The van der Waals surface area contributed by atoms with Gasteiger partial charge in [-0.15, -0.1) is 0 Å². The van der Waals surface area contributed by atoms with Gasteiger partial charge in [0.25, 0.3) is 0 Å². The van der Waals surface area contributed by atoms with Crippen molar-refractivity contribution in [3.63, 3.8) is 0 Å². The van der Waals surface area contributed by atoms with Crippen molar-refractivity contribution < 1.29 is 37.8 Å². The molecule has 2 heterocycles. The number of benzene rings is 4. The van der Waals surface area contributed by atoms with E-state index >= 15 is 0 Å². The maximum absolute atomic E-state index is 9.43. The molecule has 2 aliphatic heterocycles. The van der Waals surface area contributed by atoms with E-state index in [0.717, 1.165) is 62.1 Å². The number of nitrogens with zero attached hydrogens (tertiary/aromatic N) is 5. The predicted molar refractivity (Wildman–Crippen MR) is 186 cm³/mol. The largest absolute Gasteiger partial charge is 2.00 e. The second-order valence-electron chi connectivity index (χ2n) is 9.70. The first-order valence-corrected chi connectivity index (χ1v) is 15.0. The van der Waals surface area contributed by atoms with Crippen molar-refractivity contribution in [2.75, 3.05) is 47.0 Å². The van der Waals surface area contributed by atoms with E-state index in [0.29, 0.717) is 0 Å². The number of para-hydroxylation sites is 4. The molecule has 0 N–H and O–H groups in total. The van der Waals surface area contributed by atoms with Crippen LogP contribution in [0.25, 0.3) is 0 Å².